The molecule has 0 aromatic heterocycles. The molecule has 2 aromatic rings. The van der Waals surface area contributed by atoms with Crippen molar-refractivity contribution in [3.05, 3.63) is 59.7 Å². The fraction of sp³-hybridized carbons (Fsp3) is 0.667. The predicted octanol–water partition coefficient (Wildman–Crippen LogP) is 10.4. The van der Waals surface area contributed by atoms with Crippen LogP contribution in [0.5, 0.6) is 0 Å². The molecule has 0 radical (unpaired) electrons. The molecule has 0 N–H and O–H groups in total. The summed E-state index contributed by atoms with van der Waals surface area (Å²) in [5.74, 6) is -0.293. The monoisotopic (exact) mass is 665 g/mol. The lowest BCUT2D eigenvalue weighted by atomic mass is 10.0. The van der Waals surface area contributed by atoms with E-state index in [1.54, 1.807) is 0 Å². The smallest absolute Gasteiger partial charge is 0.320 e. The van der Waals surface area contributed by atoms with Gasteiger partial charge >= 0.3 is 11.9 Å². The molecule has 0 aliphatic rings. The minimum atomic E-state index is -0.146. The number of hydrogen-bond donors (Lipinski definition) is 0. The Morgan fingerprint density at radius 2 is 0.729 bits per heavy atom. The molecule has 270 valence electrons. The third kappa shape index (κ3) is 19.3. The standard InChI is InChI=1S/C42H68N2O4/c1-5-9-13-15-19-31-43(29-17-11-7-3)33-41(45)47-35-37-21-25-39(26-22-37)40-27-23-38(24-28-40)36-48-42(46)34-44(30-18-12-8-4)32-20-16-14-10-6-2/h21-28H,5-20,29-36H2,1-4H3. The van der Waals surface area contributed by atoms with Gasteiger partial charge in [-0.2, -0.15) is 0 Å². The lowest BCUT2D eigenvalue weighted by Crippen LogP contribution is -2.32. The van der Waals surface area contributed by atoms with Crippen LogP contribution in [0.1, 0.15) is 142 Å². The van der Waals surface area contributed by atoms with Gasteiger partial charge in [-0.25, -0.2) is 0 Å². The normalized spacial score (nSPS) is 11.4. The molecule has 48 heavy (non-hydrogen) atoms. The van der Waals surface area contributed by atoms with E-state index in [4.69, 9.17) is 9.47 Å². The summed E-state index contributed by atoms with van der Waals surface area (Å²) in [7, 11) is 0. The van der Waals surface area contributed by atoms with Crippen molar-refractivity contribution in [2.24, 2.45) is 0 Å². The summed E-state index contributed by atoms with van der Waals surface area (Å²) in [6.07, 6.45) is 19.4. The van der Waals surface area contributed by atoms with Crippen molar-refractivity contribution in [1.82, 2.24) is 9.80 Å². The van der Waals surface area contributed by atoms with E-state index in [1.807, 2.05) is 24.3 Å². The summed E-state index contributed by atoms with van der Waals surface area (Å²) in [5.41, 5.74) is 4.16. The van der Waals surface area contributed by atoms with Crippen LogP contribution in [0, 0.1) is 0 Å². The zero-order chi connectivity index (χ0) is 34.7. The first-order valence-electron chi connectivity index (χ1n) is 19.4. The van der Waals surface area contributed by atoms with Crippen LogP contribution >= 0.6 is 0 Å². The molecule has 0 heterocycles. The highest BCUT2D eigenvalue weighted by molar-refractivity contribution is 5.72. The SMILES string of the molecule is CCCCCCCN(CCCCC)CC(=O)OCc1ccc(-c2ccc(COC(=O)CN(CCCCC)CCCCCCC)cc2)cc1. The predicted molar refractivity (Wildman–Crippen MR) is 201 cm³/mol. The molecule has 0 saturated heterocycles. The second kappa shape index (κ2) is 27.2. The van der Waals surface area contributed by atoms with Gasteiger partial charge < -0.3 is 9.47 Å². The lowest BCUT2D eigenvalue weighted by molar-refractivity contribution is -0.147. The maximum Gasteiger partial charge on any atom is 0.320 e. The molecule has 0 spiro atoms. The van der Waals surface area contributed by atoms with Gasteiger partial charge in [0.25, 0.3) is 0 Å². The molecule has 0 bridgehead atoms. The number of esters is 2. The van der Waals surface area contributed by atoms with Crippen LogP contribution in [0.2, 0.25) is 0 Å². The number of carbonyl (C=O) groups excluding carboxylic acids is 2. The molecule has 2 rings (SSSR count). The summed E-state index contributed by atoms with van der Waals surface area (Å²) in [4.78, 5) is 29.9. The third-order valence-electron chi connectivity index (χ3n) is 9.06. The van der Waals surface area contributed by atoms with Crippen LogP contribution in [0.15, 0.2) is 48.5 Å². The topological polar surface area (TPSA) is 59.1 Å². The van der Waals surface area contributed by atoms with Crippen molar-refractivity contribution in [2.75, 3.05) is 39.3 Å². The Kier molecular flexibility index (Phi) is 23.5. The summed E-state index contributed by atoms with van der Waals surface area (Å²) in [6, 6.07) is 16.4. The van der Waals surface area contributed by atoms with Crippen LogP contribution in [-0.2, 0) is 32.3 Å². The molecule has 6 heteroatoms. The zero-order valence-corrected chi connectivity index (χ0v) is 31.1. The van der Waals surface area contributed by atoms with Gasteiger partial charge in [0.1, 0.15) is 13.2 Å². The average Bonchev–Trinajstić information content (AvgIpc) is 3.10. The molecule has 2 aromatic carbocycles. The quantitative estimate of drug-likeness (QED) is 0.0637. The Bertz CT molecular complexity index is 998. The molecular weight excluding hydrogens is 596 g/mol. The largest absolute Gasteiger partial charge is 0.460 e. The van der Waals surface area contributed by atoms with E-state index in [9.17, 15) is 9.59 Å². The van der Waals surface area contributed by atoms with Gasteiger partial charge in [-0.3, -0.25) is 19.4 Å². The number of nitrogens with zero attached hydrogens (tertiary/aromatic N) is 2. The van der Waals surface area contributed by atoms with E-state index in [0.29, 0.717) is 13.1 Å². The molecular formula is C42H68N2O4. The maximum atomic E-state index is 12.7. The first kappa shape index (κ1) is 41.5. The molecule has 0 amide bonds. The molecule has 0 fully saturated rings. The number of rotatable bonds is 29. The second-order valence-electron chi connectivity index (χ2n) is 13.5. The third-order valence-corrected chi connectivity index (χ3v) is 9.06. The number of benzene rings is 2. The Morgan fingerprint density at radius 1 is 0.438 bits per heavy atom. The Hall–Kier alpha value is -2.70. The summed E-state index contributed by atoms with van der Waals surface area (Å²) in [5, 5.41) is 0. The first-order chi connectivity index (χ1) is 23.5. The van der Waals surface area contributed by atoms with Gasteiger partial charge in [0.15, 0.2) is 0 Å². The summed E-state index contributed by atoms with van der Waals surface area (Å²) < 4.78 is 11.3. The van der Waals surface area contributed by atoms with E-state index in [-0.39, 0.29) is 25.2 Å². The van der Waals surface area contributed by atoms with Crippen LogP contribution in [-0.4, -0.2) is 61.0 Å². The van der Waals surface area contributed by atoms with E-state index in [2.05, 4.69) is 61.8 Å². The van der Waals surface area contributed by atoms with Crippen LogP contribution in [0.3, 0.4) is 0 Å². The zero-order valence-electron chi connectivity index (χ0n) is 31.1. The van der Waals surface area contributed by atoms with E-state index < -0.39 is 0 Å². The Balaban J connectivity index is 1.79. The molecule has 0 aliphatic heterocycles. The average molecular weight is 665 g/mol. The van der Waals surface area contributed by atoms with Gasteiger partial charge in [-0.15, -0.1) is 0 Å². The lowest BCUT2D eigenvalue weighted by Gasteiger charge is -2.21. The van der Waals surface area contributed by atoms with Crippen LogP contribution in [0.4, 0.5) is 0 Å². The summed E-state index contributed by atoms with van der Waals surface area (Å²) in [6.45, 7) is 14.1. The van der Waals surface area contributed by atoms with Crippen LogP contribution in [0.25, 0.3) is 11.1 Å². The van der Waals surface area contributed by atoms with E-state index in [1.165, 1.54) is 77.0 Å². The molecule has 6 nitrogen and oxygen atoms in total. The Labute approximate surface area is 294 Å². The van der Waals surface area contributed by atoms with Crippen molar-refractivity contribution in [3.8, 4) is 11.1 Å². The van der Waals surface area contributed by atoms with Gasteiger partial charge in [0.05, 0.1) is 13.1 Å². The summed E-state index contributed by atoms with van der Waals surface area (Å²) >= 11 is 0. The van der Waals surface area contributed by atoms with E-state index >= 15 is 0 Å². The Morgan fingerprint density at radius 3 is 1.06 bits per heavy atom. The minimum Gasteiger partial charge on any atom is -0.460 e. The first-order valence-corrected chi connectivity index (χ1v) is 19.4. The molecule has 0 atom stereocenters. The molecule has 0 saturated carbocycles. The second-order valence-corrected chi connectivity index (χ2v) is 13.5. The van der Waals surface area contributed by atoms with Crippen molar-refractivity contribution >= 4 is 11.9 Å². The van der Waals surface area contributed by atoms with Crippen molar-refractivity contribution in [2.45, 2.75) is 144 Å². The highest BCUT2D eigenvalue weighted by Crippen LogP contribution is 2.21. The van der Waals surface area contributed by atoms with Gasteiger partial charge in [-0.1, -0.05) is 153 Å². The number of ether oxygens (including phenoxy) is 2. The molecule has 0 unspecified atom stereocenters. The van der Waals surface area contributed by atoms with Gasteiger partial charge in [0, 0.05) is 0 Å². The van der Waals surface area contributed by atoms with Crippen LogP contribution < -0.4 is 0 Å². The van der Waals surface area contributed by atoms with Crippen molar-refractivity contribution in [3.63, 3.8) is 0 Å². The van der Waals surface area contributed by atoms with Crippen molar-refractivity contribution < 1.29 is 19.1 Å². The maximum absolute atomic E-state index is 12.7. The fourth-order valence-electron chi connectivity index (χ4n) is 5.96. The molecule has 0 aliphatic carbocycles. The number of carbonyl (C=O) groups is 2. The fourth-order valence-corrected chi connectivity index (χ4v) is 5.96. The number of unbranched alkanes of at least 4 members (excludes halogenated alkanes) is 12. The van der Waals surface area contributed by atoms with Gasteiger partial charge in [-0.05, 0) is 74.1 Å². The van der Waals surface area contributed by atoms with Crippen molar-refractivity contribution in [1.29, 1.82) is 0 Å². The number of hydrogen-bond acceptors (Lipinski definition) is 6. The van der Waals surface area contributed by atoms with Gasteiger partial charge in [0.2, 0.25) is 0 Å². The highest BCUT2D eigenvalue weighted by Gasteiger charge is 2.13. The minimum absolute atomic E-state index is 0.146. The van der Waals surface area contributed by atoms with E-state index in [0.717, 1.165) is 74.1 Å². The highest BCUT2D eigenvalue weighted by atomic mass is 16.5.